The first-order valence-electron chi connectivity index (χ1n) is 12.3. The minimum absolute atomic E-state index is 0.0612. The van der Waals surface area contributed by atoms with Crippen LogP contribution < -0.4 is 4.83 Å². The number of hydrazine groups is 1. The van der Waals surface area contributed by atoms with Gasteiger partial charge in [-0.05, 0) is 54.5 Å². The number of urea groups is 1. The predicted molar refractivity (Wildman–Crippen MR) is 133 cm³/mol. The molecule has 2 aromatic rings. The molecule has 3 amide bonds. The summed E-state index contributed by atoms with van der Waals surface area (Å²) >= 11 is 0. The molecule has 2 aromatic carbocycles. The molecule has 0 unspecified atom stereocenters. The molecule has 35 heavy (non-hydrogen) atoms. The van der Waals surface area contributed by atoms with Gasteiger partial charge in [0, 0.05) is 32.7 Å². The van der Waals surface area contributed by atoms with Gasteiger partial charge in [0.2, 0.25) is 0 Å². The van der Waals surface area contributed by atoms with Crippen molar-refractivity contribution in [1.29, 1.82) is 0 Å². The van der Waals surface area contributed by atoms with Gasteiger partial charge in [-0.25, -0.2) is 23.0 Å². The predicted octanol–water partition coefficient (Wildman–Crippen LogP) is 3.81. The van der Waals surface area contributed by atoms with Crippen LogP contribution in [0.1, 0.15) is 38.5 Å². The summed E-state index contributed by atoms with van der Waals surface area (Å²) < 4.78 is 31.5. The Bertz CT molecular complexity index is 1140. The van der Waals surface area contributed by atoms with Gasteiger partial charge in [0.05, 0.1) is 12.0 Å². The van der Waals surface area contributed by atoms with Crippen molar-refractivity contribution < 1.29 is 22.7 Å². The van der Waals surface area contributed by atoms with Crippen molar-refractivity contribution in [3.05, 3.63) is 42.5 Å². The molecule has 0 atom stereocenters. The van der Waals surface area contributed by atoms with Gasteiger partial charge in [0.15, 0.2) is 0 Å². The number of carbonyl (C=O) groups is 2. The van der Waals surface area contributed by atoms with E-state index in [0.717, 1.165) is 36.5 Å². The summed E-state index contributed by atoms with van der Waals surface area (Å²) in [6, 6.07) is 12.2. The van der Waals surface area contributed by atoms with Gasteiger partial charge in [0.1, 0.15) is 0 Å². The summed E-state index contributed by atoms with van der Waals surface area (Å²) in [4.78, 5) is 31.4. The maximum Gasteiger partial charge on any atom is 0.409 e. The number of likely N-dealkylation sites (tertiary alicyclic amines) is 2. The van der Waals surface area contributed by atoms with Crippen LogP contribution in [0.5, 0.6) is 0 Å². The highest BCUT2D eigenvalue weighted by Crippen LogP contribution is 2.22. The largest absolute Gasteiger partial charge is 0.453 e. The second kappa shape index (κ2) is 11.3. The minimum atomic E-state index is -3.98. The van der Waals surface area contributed by atoms with E-state index in [9.17, 15) is 18.0 Å². The third-order valence-electron chi connectivity index (χ3n) is 6.86. The van der Waals surface area contributed by atoms with E-state index >= 15 is 0 Å². The van der Waals surface area contributed by atoms with E-state index in [0.29, 0.717) is 39.0 Å². The molecule has 2 aliphatic rings. The number of methoxy groups -OCH3 is 1. The zero-order valence-corrected chi connectivity index (χ0v) is 21.0. The number of piperidine rings is 1. The Hall–Kier alpha value is -2.85. The molecule has 4 rings (SSSR count). The Balaban J connectivity index is 1.53. The molecular weight excluding hydrogens is 468 g/mol. The van der Waals surface area contributed by atoms with Gasteiger partial charge in [-0.15, -0.1) is 4.83 Å². The van der Waals surface area contributed by atoms with Crippen molar-refractivity contribution in [2.24, 2.45) is 5.92 Å². The Morgan fingerprint density at radius 3 is 2.26 bits per heavy atom. The quantitative estimate of drug-likeness (QED) is 0.627. The lowest BCUT2D eigenvalue weighted by molar-refractivity contribution is 0.0930. The van der Waals surface area contributed by atoms with Crippen LogP contribution in [-0.2, 0) is 14.8 Å². The molecule has 0 bridgehead atoms. The van der Waals surface area contributed by atoms with Crippen LogP contribution in [0.15, 0.2) is 47.4 Å². The fraction of sp³-hybridized carbons (Fsp3) is 0.520. The van der Waals surface area contributed by atoms with E-state index in [1.807, 2.05) is 24.3 Å². The second-order valence-electron chi connectivity index (χ2n) is 9.30. The van der Waals surface area contributed by atoms with Crippen LogP contribution in [-0.4, -0.2) is 75.2 Å². The van der Waals surface area contributed by atoms with Crippen LogP contribution in [0.2, 0.25) is 0 Å². The number of fused-ring (bicyclic) bond motifs is 1. The summed E-state index contributed by atoms with van der Waals surface area (Å²) in [5, 5.41) is 3.03. The summed E-state index contributed by atoms with van der Waals surface area (Å²) in [6.45, 7) is 2.51. The van der Waals surface area contributed by atoms with Crippen molar-refractivity contribution in [3.63, 3.8) is 0 Å². The van der Waals surface area contributed by atoms with Crippen LogP contribution in [0, 0.1) is 5.92 Å². The Morgan fingerprint density at radius 1 is 0.943 bits per heavy atom. The lowest BCUT2D eigenvalue weighted by Crippen LogP contribution is -2.54. The normalized spacial score (nSPS) is 17.7. The number of benzene rings is 2. The number of nitrogens with zero attached hydrogens (tertiary/aromatic N) is 3. The molecule has 2 aliphatic heterocycles. The fourth-order valence-electron chi connectivity index (χ4n) is 4.80. The van der Waals surface area contributed by atoms with Crippen molar-refractivity contribution in [2.75, 3.05) is 39.8 Å². The maximum absolute atomic E-state index is 13.5. The number of nitrogens with one attached hydrogen (secondary N) is 1. The maximum atomic E-state index is 13.5. The van der Waals surface area contributed by atoms with Gasteiger partial charge >= 0.3 is 12.1 Å². The fourth-order valence-corrected chi connectivity index (χ4v) is 5.88. The van der Waals surface area contributed by atoms with E-state index in [1.54, 1.807) is 28.0 Å². The number of amides is 3. The van der Waals surface area contributed by atoms with Crippen molar-refractivity contribution in [3.8, 4) is 0 Å². The van der Waals surface area contributed by atoms with Crippen LogP contribution in [0.4, 0.5) is 9.59 Å². The average molecular weight is 503 g/mol. The highest BCUT2D eigenvalue weighted by atomic mass is 32.2. The van der Waals surface area contributed by atoms with E-state index in [2.05, 4.69) is 4.83 Å². The number of carbonyl (C=O) groups excluding carboxylic acids is 2. The summed E-state index contributed by atoms with van der Waals surface area (Å²) in [6.07, 6.45) is 4.92. The topological polar surface area (TPSA) is 99.3 Å². The molecule has 2 fully saturated rings. The van der Waals surface area contributed by atoms with Gasteiger partial charge in [0.25, 0.3) is 10.0 Å². The number of hydrogen-bond donors (Lipinski definition) is 1. The number of rotatable bonds is 5. The van der Waals surface area contributed by atoms with Crippen molar-refractivity contribution in [1.82, 2.24) is 19.6 Å². The van der Waals surface area contributed by atoms with E-state index in [-0.39, 0.29) is 29.5 Å². The molecule has 2 heterocycles. The van der Waals surface area contributed by atoms with E-state index in [1.165, 1.54) is 12.1 Å². The molecule has 0 saturated carbocycles. The Kier molecular flexibility index (Phi) is 8.12. The number of sulfonamides is 1. The third kappa shape index (κ3) is 6.24. The smallest absolute Gasteiger partial charge is 0.409 e. The zero-order valence-electron chi connectivity index (χ0n) is 20.2. The molecule has 2 saturated heterocycles. The molecule has 1 N–H and O–H groups in total. The minimum Gasteiger partial charge on any atom is -0.453 e. The van der Waals surface area contributed by atoms with Gasteiger partial charge in [-0.3, -0.25) is 0 Å². The zero-order chi connectivity index (χ0) is 24.8. The lowest BCUT2D eigenvalue weighted by atomic mass is 9.97. The molecule has 10 heteroatoms. The SMILES string of the molecule is COC(=O)N1CCC(CN(NS(=O)(=O)c2ccc3ccccc3c2)C(=O)N2CCCCCC2)CC1. The third-order valence-corrected chi connectivity index (χ3v) is 8.19. The van der Waals surface area contributed by atoms with E-state index in [4.69, 9.17) is 4.74 Å². The molecule has 190 valence electrons. The van der Waals surface area contributed by atoms with Crippen LogP contribution in [0.25, 0.3) is 10.8 Å². The highest BCUT2D eigenvalue weighted by Gasteiger charge is 2.31. The average Bonchev–Trinajstić information content (AvgIpc) is 3.17. The summed E-state index contributed by atoms with van der Waals surface area (Å²) in [5.41, 5.74) is 0. The monoisotopic (exact) mass is 502 g/mol. The molecule has 9 nitrogen and oxygen atoms in total. The van der Waals surface area contributed by atoms with Crippen LogP contribution >= 0.6 is 0 Å². The Labute approximate surface area is 207 Å². The summed E-state index contributed by atoms with van der Waals surface area (Å²) in [5.74, 6) is 0.0612. The van der Waals surface area contributed by atoms with E-state index < -0.39 is 10.0 Å². The molecule has 0 aromatic heterocycles. The molecule has 0 aliphatic carbocycles. The van der Waals surface area contributed by atoms with Crippen molar-refractivity contribution in [2.45, 2.75) is 43.4 Å². The number of ether oxygens (including phenoxy) is 1. The first-order valence-corrected chi connectivity index (χ1v) is 13.8. The molecule has 0 spiro atoms. The summed E-state index contributed by atoms with van der Waals surface area (Å²) in [7, 11) is -2.62. The first-order chi connectivity index (χ1) is 16.9. The van der Waals surface area contributed by atoms with Gasteiger partial charge < -0.3 is 14.5 Å². The standard InChI is InChI=1S/C25H34N4O5S/c1-34-25(31)28-16-12-20(13-17-28)19-29(24(30)27-14-6-2-3-7-15-27)26-35(32,33)23-11-10-21-8-4-5-9-22(21)18-23/h4-5,8-11,18,20,26H,2-3,6-7,12-17,19H2,1H3. The van der Waals surface area contributed by atoms with Crippen LogP contribution in [0.3, 0.4) is 0 Å². The first kappa shape index (κ1) is 25.2. The molecular formula is C25H34N4O5S. The lowest BCUT2D eigenvalue weighted by Gasteiger charge is -2.36. The van der Waals surface area contributed by atoms with Crippen molar-refractivity contribution >= 4 is 32.9 Å². The van der Waals surface area contributed by atoms with Gasteiger partial charge in [-0.1, -0.05) is 43.2 Å². The highest BCUT2D eigenvalue weighted by molar-refractivity contribution is 7.89. The number of hydrogen-bond acceptors (Lipinski definition) is 5. The Morgan fingerprint density at radius 2 is 1.60 bits per heavy atom. The molecule has 0 radical (unpaired) electrons. The second-order valence-corrected chi connectivity index (χ2v) is 11.0. The van der Waals surface area contributed by atoms with Gasteiger partial charge in [-0.2, -0.15) is 0 Å².